The summed E-state index contributed by atoms with van der Waals surface area (Å²) in [5.41, 5.74) is 7.21. The van der Waals surface area contributed by atoms with Gasteiger partial charge in [-0.05, 0) is 74.8 Å². The second-order valence-electron chi connectivity index (χ2n) is 10.0. The third-order valence-electron chi connectivity index (χ3n) is 7.23. The van der Waals surface area contributed by atoms with E-state index in [4.69, 9.17) is 14.8 Å². The van der Waals surface area contributed by atoms with Crippen LogP contribution in [0.4, 0.5) is 5.69 Å². The molecule has 6 rings (SSSR count). The van der Waals surface area contributed by atoms with Gasteiger partial charge in [-0.15, -0.1) is 0 Å². The van der Waals surface area contributed by atoms with Crippen LogP contribution in [0.5, 0.6) is 0 Å². The predicted molar refractivity (Wildman–Crippen MR) is 140 cm³/mol. The van der Waals surface area contributed by atoms with Crippen LogP contribution in [0.2, 0.25) is 0 Å². The van der Waals surface area contributed by atoms with Gasteiger partial charge in [0.15, 0.2) is 11.4 Å². The van der Waals surface area contributed by atoms with Crippen molar-refractivity contribution in [3.8, 4) is 22.5 Å². The lowest BCUT2D eigenvalue weighted by Gasteiger charge is -2.23. The zero-order valence-corrected chi connectivity index (χ0v) is 20.6. The van der Waals surface area contributed by atoms with Crippen molar-refractivity contribution in [3.63, 3.8) is 0 Å². The number of Topliss-reactive ketones (excluding diaryl/α,β-unsaturated/α-hetero) is 1. The Morgan fingerprint density at radius 1 is 1.08 bits per heavy atom. The van der Waals surface area contributed by atoms with Gasteiger partial charge in [-0.2, -0.15) is 5.10 Å². The summed E-state index contributed by atoms with van der Waals surface area (Å²) >= 11 is 0. The summed E-state index contributed by atoms with van der Waals surface area (Å²) in [5.74, 6) is 0.824. The van der Waals surface area contributed by atoms with E-state index in [-0.39, 0.29) is 11.9 Å². The largest absolute Gasteiger partial charge is 0.379 e. The van der Waals surface area contributed by atoms with E-state index in [9.17, 15) is 4.79 Å². The Balaban J connectivity index is 1.37. The van der Waals surface area contributed by atoms with Crippen molar-refractivity contribution >= 4 is 17.1 Å². The summed E-state index contributed by atoms with van der Waals surface area (Å²) in [7, 11) is 0. The number of pyridine rings is 1. The highest BCUT2D eigenvalue weighted by molar-refractivity contribution is 5.98. The maximum Gasteiger partial charge on any atom is 0.177 e. The van der Waals surface area contributed by atoms with Crippen LogP contribution in [0.3, 0.4) is 0 Å². The maximum absolute atomic E-state index is 12.7. The number of fused-ring (bicyclic) bond motifs is 1. The zero-order chi connectivity index (χ0) is 24.5. The maximum atomic E-state index is 12.7. The van der Waals surface area contributed by atoms with E-state index in [1.807, 2.05) is 41.9 Å². The number of hydrogen-bond donors (Lipinski definition) is 1. The number of imidazole rings is 1. The molecule has 2 aliphatic rings. The van der Waals surface area contributed by atoms with Gasteiger partial charge in [0.1, 0.15) is 0 Å². The average molecular weight is 482 g/mol. The van der Waals surface area contributed by atoms with Crippen molar-refractivity contribution in [2.24, 2.45) is 5.92 Å². The van der Waals surface area contributed by atoms with E-state index in [1.54, 1.807) is 12.4 Å². The molecule has 0 bridgehead atoms. The molecule has 4 aromatic rings. The van der Waals surface area contributed by atoms with Crippen molar-refractivity contribution < 1.29 is 9.53 Å². The number of aromatic nitrogens is 4. The van der Waals surface area contributed by atoms with E-state index in [2.05, 4.69) is 22.4 Å². The molecule has 7 nitrogen and oxygen atoms in total. The van der Waals surface area contributed by atoms with Gasteiger partial charge in [-0.25, -0.2) is 9.50 Å². The number of ketones is 1. The van der Waals surface area contributed by atoms with Gasteiger partial charge in [0.05, 0.1) is 29.4 Å². The standard InChI is InChI=1S/C29H31N5O2/c1-19-14-22(7-8-24(19)28(35)15-20-5-6-20)27-18-32-29-26(31-17-23-4-2-3-13-36-23)16-25(33-34(27)29)21-9-11-30-12-10-21/h7-12,14,16,18,20,23,31H,2-6,13,15,17H2,1H3. The first-order valence-corrected chi connectivity index (χ1v) is 12.9. The SMILES string of the molecule is Cc1cc(-c2cnc3c(NCC4CCCCO4)cc(-c4ccncc4)nn23)ccc1C(=O)CC1CC1. The minimum absolute atomic E-state index is 0.203. The number of carbonyl (C=O) groups excluding carboxylic acids is 1. The lowest BCUT2D eigenvalue weighted by molar-refractivity contribution is 0.0248. The number of benzene rings is 1. The molecule has 1 aliphatic heterocycles. The van der Waals surface area contributed by atoms with Crippen LogP contribution in [0.1, 0.15) is 54.4 Å². The number of nitrogens with zero attached hydrogens (tertiary/aromatic N) is 4. The Hall–Kier alpha value is -3.58. The molecule has 1 aliphatic carbocycles. The Kier molecular flexibility index (Phi) is 6.23. The number of hydrogen-bond acceptors (Lipinski definition) is 6. The van der Waals surface area contributed by atoms with Crippen LogP contribution in [-0.2, 0) is 4.74 Å². The minimum Gasteiger partial charge on any atom is -0.379 e. The van der Waals surface area contributed by atoms with Crippen LogP contribution in [-0.4, -0.2) is 44.6 Å². The van der Waals surface area contributed by atoms with Gasteiger partial charge in [-0.3, -0.25) is 9.78 Å². The van der Waals surface area contributed by atoms with Crippen LogP contribution >= 0.6 is 0 Å². The summed E-state index contributed by atoms with van der Waals surface area (Å²) in [6.45, 7) is 3.57. The van der Waals surface area contributed by atoms with Gasteiger partial charge in [0.25, 0.3) is 0 Å². The van der Waals surface area contributed by atoms with E-state index < -0.39 is 0 Å². The third kappa shape index (κ3) is 4.75. The molecular formula is C29H31N5O2. The van der Waals surface area contributed by atoms with Crippen LogP contribution in [0.25, 0.3) is 28.2 Å². The van der Waals surface area contributed by atoms with E-state index in [0.29, 0.717) is 12.3 Å². The molecule has 7 heteroatoms. The quantitative estimate of drug-likeness (QED) is 0.324. The first-order chi connectivity index (χ1) is 17.7. The van der Waals surface area contributed by atoms with Gasteiger partial charge in [0, 0.05) is 48.7 Å². The number of nitrogens with one attached hydrogen (secondary N) is 1. The third-order valence-corrected chi connectivity index (χ3v) is 7.23. The highest BCUT2D eigenvalue weighted by Crippen LogP contribution is 2.34. The molecule has 1 N–H and O–H groups in total. The lowest BCUT2D eigenvalue weighted by Crippen LogP contribution is -2.27. The van der Waals surface area contributed by atoms with Crippen LogP contribution < -0.4 is 5.32 Å². The number of ether oxygens (including phenoxy) is 1. The number of rotatable bonds is 8. The van der Waals surface area contributed by atoms with E-state index >= 15 is 0 Å². The number of aryl methyl sites for hydroxylation is 1. The van der Waals surface area contributed by atoms with Gasteiger partial charge < -0.3 is 10.1 Å². The summed E-state index contributed by atoms with van der Waals surface area (Å²) < 4.78 is 7.83. The molecule has 1 saturated heterocycles. The molecule has 1 saturated carbocycles. The van der Waals surface area contributed by atoms with Gasteiger partial charge in [-0.1, -0.05) is 12.1 Å². The van der Waals surface area contributed by atoms with Gasteiger partial charge in [0.2, 0.25) is 0 Å². The molecule has 36 heavy (non-hydrogen) atoms. The minimum atomic E-state index is 0.203. The van der Waals surface area contributed by atoms with E-state index in [0.717, 1.165) is 71.0 Å². The zero-order valence-electron chi connectivity index (χ0n) is 20.6. The second-order valence-corrected chi connectivity index (χ2v) is 10.0. The average Bonchev–Trinajstić information content (AvgIpc) is 3.62. The van der Waals surface area contributed by atoms with Crippen molar-refractivity contribution in [1.82, 2.24) is 19.6 Å². The predicted octanol–water partition coefficient (Wildman–Crippen LogP) is 5.73. The van der Waals surface area contributed by atoms with Crippen molar-refractivity contribution in [2.45, 2.75) is 51.6 Å². The molecule has 1 atom stereocenters. The summed E-state index contributed by atoms with van der Waals surface area (Å²) in [5, 5.41) is 8.54. The van der Waals surface area contributed by atoms with Crippen LogP contribution in [0.15, 0.2) is 55.0 Å². The molecule has 4 heterocycles. The molecule has 3 aromatic heterocycles. The smallest absolute Gasteiger partial charge is 0.177 e. The summed E-state index contributed by atoms with van der Waals surface area (Å²) in [6, 6.07) is 12.0. The van der Waals surface area contributed by atoms with Gasteiger partial charge >= 0.3 is 0 Å². The van der Waals surface area contributed by atoms with Crippen LogP contribution in [0, 0.1) is 12.8 Å². The van der Waals surface area contributed by atoms with Crippen molar-refractivity contribution in [3.05, 3.63) is 66.1 Å². The number of anilines is 1. The first kappa shape index (κ1) is 22.9. The summed E-state index contributed by atoms with van der Waals surface area (Å²) in [6.07, 6.45) is 12.0. The fourth-order valence-electron chi connectivity index (χ4n) is 4.98. The first-order valence-electron chi connectivity index (χ1n) is 12.9. The fourth-order valence-corrected chi connectivity index (χ4v) is 4.98. The highest BCUT2D eigenvalue weighted by Gasteiger charge is 2.26. The fraction of sp³-hybridized carbons (Fsp3) is 0.379. The molecule has 0 spiro atoms. The number of carbonyl (C=O) groups is 1. The topological polar surface area (TPSA) is 81.4 Å². The molecular weight excluding hydrogens is 450 g/mol. The Morgan fingerprint density at radius 2 is 1.94 bits per heavy atom. The molecule has 0 amide bonds. The Morgan fingerprint density at radius 3 is 2.69 bits per heavy atom. The molecule has 184 valence electrons. The Bertz CT molecular complexity index is 1390. The molecule has 0 radical (unpaired) electrons. The molecule has 2 fully saturated rings. The molecule has 1 unspecified atom stereocenters. The Labute approximate surface area is 210 Å². The highest BCUT2D eigenvalue weighted by atomic mass is 16.5. The van der Waals surface area contributed by atoms with Crippen molar-refractivity contribution in [2.75, 3.05) is 18.5 Å². The monoisotopic (exact) mass is 481 g/mol. The van der Waals surface area contributed by atoms with E-state index in [1.165, 1.54) is 19.3 Å². The van der Waals surface area contributed by atoms with Crippen molar-refractivity contribution in [1.29, 1.82) is 0 Å². The normalized spacial score (nSPS) is 17.9. The molecule has 1 aromatic carbocycles. The lowest BCUT2D eigenvalue weighted by atomic mass is 9.98. The second kappa shape index (κ2) is 9.82. The summed E-state index contributed by atoms with van der Waals surface area (Å²) in [4.78, 5) is 21.6.